The van der Waals surface area contributed by atoms with Crippen molar-refractivity contribution < 1.29 is 18.8 Å². The van der Waals surface area contributed by atoms with Gasteiger partial charge in [0.15, 0.2) is 0 Å². The van der Waals surface area contributed by atoms with Gasteiger partial charge in [0.25, 0.3) is 5.91 Å². The minimum Gasteiger partial charge on any atom is -0.275 e. The molecule has 18 heavy (non-hydrogen) atoms. The number of carbonyl (C=O) groups excluding carboxylic acids is 3. The Morgan fingerprint density at radius 3 is 2.72 bits per heavy atom. The molecule has 94 valence electrons. The SMILES string of the molecule is O=C1CN(NC(=O)c2ccc(F)cc2Br)C(=O)N1. The van der Waals surface area contributed by atoms with Crippen LogP contribution in [-0.4, -0.2) is 29.4 Å². The molecule has 0 atom stereocenters. The van der Waals surface area contributed by atoms with Gasteiger partial charge in [-0.3, -0.25) is 20.3 Å². The van der Waals surface area contributed by atoms with Crippen LogP contribution in [0.5, 0.6) is 0 Å². The Kier molecular flexibility index (Phi) is 3.28. The molecule has 4 amide bonds. The van der Waals surface area contributed by atoms with Crippen LogP contribution < -0.4 is 10.7 Å². The lowest BCUT2D eigenvalue weighted by Crippen LogP contribution is -2.44. The third kappa shape index (κ3) is 2.48. The van der Waals surface area contributed by atoms with Gasteiger partial charge >= 0.3 is 6.03 Å². The Bertz CT molecular complexity index is 549. The monoisotopic (exact) mass is 315 g/mol. The van der Waals surface area contributed by atoms with Crippen molar-refractivity contribution in [3.63, 3.8) is 0 Å². The minimum atomic E-state index is -0.702. The fraction of sp³-hybridized carbons (Fsp3) is 0.100. The van der Waals surface area contributed by atoms with E-state index >= 15 is 0 Å². The van der Waals surface area contributed by atoms with Crippen molar-refractivity contribution >= 4 is 33.8 Å². The second-order valence-electron chi connectivity index (χ2n) is 3.50. The fourth-order valence-electron chi connectivity index (χ4n) is 1.39. The van der Waals surface area contributed by atoms with Gasteiger partial charge in [0.05, 0.1) is 5.56 Å². The largest absolute Gasteiger partial charge is 0.343 e. The number of halogens is 2. The van der Waals surface area contributed by atoms with Crippen LogP contribution in [-0.2, 0) is 4.79 Å². The molecule has 1 saturated heterocycles. The second-order valence-corrected chi connectivity index (χ2v) is 4.36. The number of benzene rings is 1. The van der Waals surface area contributed by atoms with Gasteiger partial charge in [-0.15, -0.1) is 0 Å². The van der Waals surface area contributed by atoms with Gasteiger partial charge in [0, 0.05) is 4.47 Å². The maximum absolute atomic E-state index is 12.8. The van der Waals surface area contributed by atoms with E-state index in [1.54, 1.807) is 0 Å². The predicted octanol–water partition coefficient (Wildman–Crippen LogP) is 0.785. The van der Waals surface area contributed by atoms with Crippen molar-refractivity contribution in [2.75, 3.05) is 6.54 Å². The molecule has 0 aromatic heterocycles. The van der Waals surface area contributed by atoms with E-state index in [0.29, 0.717) is 0 Å². The molecule has 0 saturated carbocycles. The van der Waals surface area contributed by atoms with Crippen molar-refractivity contribution in [3.8, 4) is 0 Å². The normalized spacial score (nSPS) is 14.7. The van der Waals surface area contributed by atoms with E-state index < -0.39 is 23.7 Å². The minimum absolute atomic E-state index is 0.156. The average molecular weight is 316 g/mol. The molecule has 8 heteroatoms. The molecule has 0 radical (unpaired) electrons. The lowest BCUT2D eigenvalue weighted by atomic mass is 10.2. The molecule has 1 heterocycles. The first kappa shape index (κ1) is 12.5. The van der Waals surface area contributed by atoms with Gasteiger partial charge < -0.3 is 0 Å². The molecule has 0 spiro atoms. The number of hydrogen-bond acceptors (Lipinski definition) is 3. The number of nitrogens with zero attached hydrogens (tertiary/aromatic N) is 1. The molecule has 1 aromatic rings. The van der Waals surface area contributed by atoms with Gasteiger partial charge in [-0.1, -0.05) is 0 Å². The van der Waals surface area contributed by atoms with Crippen molar-refractivity contribution in [2.45, 2.75) is 0 Å². The number of hydrazine groups is 1. The fourth-order valence-corrected chi connectivity index (χ4v) is 1.92. The molecule has 2 rings (SSSR count). The summed E-state index contributed by atoms with van der Waals surface area (Å²) in [6.07, 6.45) is 0. The maximum Gasteiger partial charge on any atom is 0.343 e. The van der Waals surface area contributed by atoms with E-state index in [4.69, 9.17) is 0 Å². The lowest BCUT2D eigenvalue weighted by Gasteiger charge is -2.15. The number of hydrogen-bond donors (Lipinski definition) is 2. The summed E-state index contributed by atoms with van der Waals surface area (Å²) in [7, 11) is 0. The highest BCUT2D eigenvalue weighted by Crippen LogP contribution is 2.18. The van der Waals surface area contributed by atoms with Gasteiger partial charge in [-0.25, -0.2) is 14.2 Å². The Balaban J connectivity index is 2.13. The molecule has 1 fully saturated rings. The Morgan fingerprint density at radius 1 is 1.44 bits per heavy atom. The van der Waals surface area contributed by atoms with Crippen LogP contribution in [0.4, 0.5) is 9.18 Å². The molecule has 6 nitrogen and oxygen atoms in total. The summed E-state index contributed by atoms with van der Waals surface area (Å²) < 4.78 is 13.1. The third-order valence-corrected chi connectivity index (χ3v) is 2.86. The number of rotatable bonds is 2. The first-order chi connectivity index (χ1) is 8.47. The summed E-state index contributed by atoms with van der Waals surface area (Å²) in [5, 5.41) is 2.86. The number of amides is 4. The summed E-state index contributed by atoms with van der Waals surface area (Å²) in [6, 6.07) is 2.82. The van der Waals surface area contributed by atoms with Gasteiger partial charge in [0.2, 0.25) is 5.91 Å². The standard InChI is InChI=1S/C10H7BrFN3O3/c11-7-3-5(12)1-2-6(7)9(17)14-15-4-8(16)13-10(15)18/h1-3H,4H2,(H,14,17)(H,13,16,18). The third-order valence-electron chi connectivity index (χ3n) is 2.21. The van der Waals surface area contributed by atoms with Crippen molar-refractivity contribution in [1.29, 1.82) is 0 Å². The zero-order valence-electron chi connectivity index (χ0n) is 8.87. The molecular formula is C10H7BrFN3O3. The van der Waals surface area contributed by atoms with Crippen LogP contribution in [0.25, 0.3) is 0 Å². The molecule has 1 aliphatic heterocycles. The van der Waals surface area contributed by atoms with Crippen molar-refractivity contribution in [2.24, 2.45) is 0 Å². The molecule has 1 aromatic carbocycles. The van der Waals surface area contributed by atoms with Gasteiger partial charge in [0.1, 0.15) is 12.4 Å². The zero-order valence-corrected chi connectivity index (χ0v) is 10.5. The number of imide groups is 1. The molecule has 2 N–H and O–H groups in total. The van der Waals surface area contributed by atoms with Gasteiger partial charge in [-0.05, 0) is 34.1 Å². The van der Waals surface area contributed by atoms with Crippen LogP contribution in [0.15, 0.2) is 22.7 Å². The van der Waals surface area contributed by atoms with Crippen LogP contribution >= 0.6 is 15.9 Å². The maximum atomic E-state index is 12.8. The topological polar surface area (TPSA) is 78.5 Å². The lowest BCUT2D eigenvalue weighted by molar-refractivity contribution is -0.118. The highest BCUT2D eigenvalue weighted by atomic mass is 79.9. The summed E-state index contributed by atoms with van der Waals surface area (Å²) >= 11 is 3.04. The van der Waals surface area contributed by atoms with Crippen LogP contribution in [0.1, 0.15) is 10.4 Å². The highest BCUT2D eigenvalue weighted by Gasteiger charge is 2.28. The van der Waals surface area contributed by atoms with Crippen molar-refractivity contribution in [3.05, 3.63) is 34.1 Å². The van der Waals surface area contributed by atoms with Crippen molar-refractivity contribution in [1.82, 2.24) is 15.8 Å². The molecule has 1 aliphatic rings. The highest BCUT2D eigenvalue weighted by molar-refractivity contribution is 9.10. The molecule has 0 bridgehead atoms. The average Bonchev–Trinajstić information content (AvgIpc) is 2.57. The van der Waals surface area contributed by atoms with E-state index in [0.717, 1.165) is 17.1 Å². The Hall–Kier alpha value is -1.96. The zero-order chi connectivity index (χ0) is 13.3. The summed E-state index contributed by atoms with van der Waals surface area (Å²) in [5.41, 5.74) is 2.40. The van der Waals surface area contributed by atoms with Gasteiger partial charge in [-0.2, -0.15) is 0 Å². The smallest absolute Gasteiger partial charge is 0.275 e. The molecule has 0 aliphatic carbocycles. The Morgan fingerprint density at radius 2 is 2.17 bits per heavy atom. The molecular weight excluding hydrogens is 309 g/mol. The quantitative estimate of drug-likeness (QED) is 0.792. The van der Waals surface area contributed by atoms with Crippen LogP contribution in [0, 0.1) is 5.82 Å². The van der Waals surface area contributed by atoms with E-state index in [1.165, 1.54) is 6.07 Å². The van der Waals surface area contributed by atoms with E-state index in [2.05, 4.69) is 21.4 Å². The first-order valence-electron chi connectivity index (χ1n) is 4.85. The van der Waals surface area contributed by atoms with E-state index in [9.17, 15) is 18.8 Å². The molecule has 0 unspecified atom stereocenters. The number of nitrogens with one attached hydrogen (secondary N) is 2. The number of urea groups is 1. The van der Waals surface area contributed by atoms with E-state index in [-0.39, 0.29) is 16.6 Å². The van der Waals surface area contributed by atoms with Crippen LogP contribution in [0.2, 0.25) is 0 Å². The first-order valence-corrected chi connectivity index (χ1v) is 5.64. The van der Waals surface area contributed by atoms with Crippen LogP contribution in [0.3, 0.4) is 0 Å². The number of carbonyl (C=O) groups is 3. The summed E-state index contributed by atoms with van der Waals surface area (Å²) in [5.74, 6) is -1.61. The van der Waals surface area contributed by atoms with E-state index in [1.807, 2.05) is 5.32 Å². The second kappa shape index (κ2) is 4.73. The Labute approximate surface area is 109 Å². The predicted molar refractivity (Wildman–Crippen MR) is 61.8 cm³/mol. The summed E-state index contributed by atoms with van der Waals surface area (Å²) in [6.45, 7) is -0.247. The summed E-state index contributed by atoms with van der Waals surface area (Å²) in [4.78, 5) is 33.9.